The highest BCUT2D eigenvalue weighted by atomic mass is 14.8. The van der Waals surface area contributed by atoms with Gasteiger partial charge in [0.2, 0.25) is 0 Å². The van der Waals surface area contributed by atoms with Gasteiger partial charge in [-0.05, 0) is 12.1 Å². The van der Waals surface area contributed by atoms with Crippen LogP contribution >= 0.6 is 0 Å². The molecule has 1 atom stereocenters. The minimum atomic E-state index is -0.210. The van der Waals surface area contributed by atoms with Crippen molar-refractivity contribution in [3.63, 3.8) is 0 Å². The lowest BCUT2D eigenvalue weighted by molar-refractivity contribution is 0.711. The molecule has 0 radical (unpaired) electrons. The molecule has 0 amide bonds. The predicted octanol–water partition coefficient (Wildman–Crippen LogP) is -0.378. The molecule has 4 nitrogen and oxygen atoms in total. The summed E-state index contributed by atoms with van der Waals surface area (Å²) in [5.74, 6) is 0. The Morgan fingerprint density at radius 1 is 1.55 bits per heavy atom. The fourth-order valence-corrected chi connectivity index (χ4v) is 0.789. The summed E-state index contributed by atoms with van der Waals surface area (Å²) < 4.78 is 0. The molecule has 11 heavy (non-hydrogen) atoms. The van der Waals surface area contributed by atoms with E-state index in [1.54, 1.807) is 18.3 Å². The Morgan fingerprint density at radius 3 is 2.82 bits per heavy atom. The molecular formula is C7H12N4. The normalized spacial score (nSPS) is 12.9. The number of hydrogen-bond donors (Lipinski definition) is 3. The summed E-state index contributed by atoms with van der Waals surface area (Å²) in [6, 6.07) is 3.24. The molecule has 0 bridgehead atoms. The molecule has 0 saturated carbocycles. The van der Waals surface area contributed by atoms with Crippen LogP contribution in [0, 0.1) is 0 Å². The van der Waals surface area contributed by atoms with Crippen molar-refractivity contribution >= 4 is 5.69 Å². The smallest absolute Gasteiger partial charge is 0.0604 e. The zero-order valence-electron chi connectivity index (χ0n) is 6.20. The molecule has 0 aliphatic heterocycles. The van der Waals surface area contributed by atoms with E-state index >= 15 is 0 Å². The number of aromatic nitrogens is 1. The summed E-state index contributed by atoms with van der Waals surface area (Å²) in [6.45, 7) is 0.385. The topological polar surface area (TPSA) is 91.0 Å². The number of anilines is 1. The van der Waals surface area contributed by atoms with E-state index in [-0.39, 0.29) is 6.04 Å². The summed E-state index contributed by atoms with van der Waals surface area (Å²) in [5.41, 5.74) is 17.9. The van der Waals surface area contributed by atoms with E-state index in [0.29, 0.717) is 12.2 Å². The van der Waals surface area contributed by atoms with Gasteiger partial charge in [-0.25, -0.2) is 0 Å². The predicted molar refractivity (Wildman–Crippen MR) is 44.6 cm³/mol. The Kier molecular flexibility index (Phi) is 2.40. The SMILES string of the molecule is NCC(N)c1cc(N)ccn1. The Bertz CT molecular complexity index is 236. The Balaban J connectivity index is 2.86. The van der Waals surface area contributed by atoms with E-state index in [9.17, 15) is 0 Å². The number of nitrogen functional groups attached to an aromatic ring is 1. The van der Waals surface area contributed by atoms with E-state index in [2.05, 4.69) is 4.98 Å². The summed E-state index contributed by atoms with van der Waals surface area (Å²) in [6.07, 6.45) is 1.63. The van der Waals surface area contributed by atoms with Gasteiger partial charge in [-0.3, -0.25) is 4.98 Å². The molecule has 1 unspecified atom stereocenters. The first-order chi connectivity index (χ1) is 5.24. The quantitative estimate of drug-likeness (QED) is 0.539. The van der Waals surface area contributed by atoms with E-state index in [1.807, 2.05) is 0 Å². The van der Waals surface area contributed by atoms with Gasteiger partial charge in [-0.2, -0.15) is 0 Å². The zero-order chi connectivity index (χ0) is 8.27. The van der Waals surface area contributed by atoms with E-state index in [4.69, 9.17) is 17.2 Å². The maximum absolute atomic E-state index is 5.62. The summed E-state index contributed by atoms with van der Waals surface area (Å²) in [4.78, 5) is 4.03. The molecule has 0 saturated heterocycles. The first-order valence-electron chi connectivity index (χ1n) is 3.41. The van der Waals surface area contributed by atoms with Gasteiger partial charge in [0, 0.05) is 18.4 Å². The van der Waals surface area contributed by atoms with Crippen molar-refractivity contribution in [2.75, 3.05) is 12.3 Å². The molecule has 6 N–H and O–H groups in total. The Morgan fingerprint density at radius 2 is 2.27 bits per heavy atom. The average Bonchev–Trinajstić information content (AvgIpc) is 2.03. The van der Waals surface area contributed by atoms with Crippen LogP contribution in [0.3, 0.4) is 0 Å². The van der Waals surface area contributed by atoms with E-state index in [1.165, 1.54) is 0 Å². The highest BCUT2D eigenvalue weighted by Crippen LogP contribution is 2.08. The molecule has 0 fully saturated rings. The molecule has 4 heteroatoms. The summed E-state index contributed by atoms with van der Waals surface area (Å²) in [7, 11) is 0. The lowest BCUT2D eigenvalue weighted by Gasteiger charge is -2.07. The summed E-state index contributed by atoms with van der Waals surface area (Å²) >= 11 is 0. The molecule has 1 heterocycles. The fraction of sp³-hybridized carbons (Fsp3) is 0.286. The van der Waals surface area contributed by atoms with Gasteiger partial charge in [0.05, 0.1) is 11.7 Å². The highest BCUT2D eigenvalue weighted by Gasteiger charge is 2.03. The third-order valence-electron chi connectivity index (χ3n) is 1.44. The lowest BCUT2D eigenvalue weighted by atomic mass is 10.2. The van der Waals surface area contributed by atoms with E-state index in [0.717, 1.165) is 5.69 Å². The van der Waals surface area contributed by atoms with Crippen molar-refractivity contribution in [3.8, 4) is 0 Å². The minimum absolute atomic E-state index is 0.210. The standard InChI is InChI=1S/C7H12N4/c8-4-6(10)7-3-5(9)1-2-11-7/h1-3,6H,4,8,10H2,(H2,9,11). The second kappa shape index (κ2) is 3.32. The van der Waals surface area contributed by atoms with Crippen LogP contribution in [0.2, 0.25) is 0 Å². The second-order valence-electron chi connectivity index (χ2n) is 2.36. The van der Waals surface area contributed by atoms with Gasteiger partial charge in [0.1, 0.15) is 0 Å². The second-order valence-corrected chi connectivity index (χ2v) is 2.36. The average molecular weight is 152 g/mol. The first kappa shape index (κ1) is 7.97. The van der Waals surface area contributed by atoms with Crippen LogP contribution in [0.1, 0.15) is 11.7 Å². The maximum Gasteiger partial charge on any atom is 0.0604 e. The number of nitrogens with zero attached hydrogens (tertiary/aromatic N) is 1. The van der Waals surface area contributed by atoms with Crippen LogP contribution in [0.25, 0.3) is 0 Å². The van der Waals surface area contributed by atoms with Gasteiger partial charge >= 0.3 is 0 Å². The fourth-order valence-electron chi connectivity index (χ4n) is 0.789. The van der Waals surface area contributed by atoms with Crippen molar-refractivity contribution in [1.29, 1.82) is 0 Å². The van der Waals surface area contributed by atoms with Crippen molar-refractivity contribution < 1.29 is 0 Å². The van der Waals surface area contributed by atoms with Gasteiger partial charge in [0.15, 0.2) is 0 Å². The maximum atomic E-state index is 5.62. The van der Waals surface area contributed by atoms with Gasteiger partial charge in [0.25, 0.3) is 0 Å². The van der Waals surface area contributed by atoms with Crippen LogP contribution in [-0.4, -0.2) is 11.5 Å². The number of nitrogens with two attached hydrogens (primary N) is 3. The molecule has 0 spiro atoms. The number of hydrogen-bond acceptors (Lipinski definition) is 4. The first-order valence-corrected chi connectivity index (χ1v) is 3.41. The Hall–Kier alpha value is -1.13. The third kappa shape index (κ3) is 1.89. The van der Waals surface area contributed by atoms with Gasteiger partial charge in [-0.1, -0.05) is 0 Å². The van der Waals surface area contributed by atoms with Crippen LogP contribution in [0.5, 0.6) is 0 Å². The Labute approximate surface area is 65.4 Å². The molecule has 60 valence electrons. The number of pyridine rings is 1. The van der Waals surface area contributed by atoms with Crippen molar-refractivity contribution in [1.82, 2.24) is 4.98 Å². The van der Waals surface area contributed by atoms with Gasteiger partial charge in [-0.15, -0.1) is 0 Å². The van der Waals surface area contributed by atoms with Gasteiger partial charge < -0.3 is 17.2 Å². The van der Waals surface area contributed by atoms with Crippen molar-refractivity contribution in [2.24, 2.45) is 11.5 Å². The van der Waals surface area contributed by atoms with Crippen LogP contribution in [0.4, 0.5) is 5.69 Å². The monoisotopic (exact) mass is 152 g/mol. The molecule has 1 aromatic rings. The highest BCUT2D eigenvalue weighted by molar-refractivity contribution is 5.37. The molecule has 0 aliphatic rings. The van der Waals surface area contributed by atoms with Crippen LogP contribution in [0.15, 0.2) is 18.3 Å². The van der Waals surface area contributed by atoms with Crippen LogP contribution < -0.4 is 17.2 Å². The van der Waals surface area contributed by atoms with Crippen molar-refractivity contribution in [3.05, 3.63) is 24.0 Å². The molecule has 1 rings (SSSR count). The van der Waals surface area contributed by atoms with E-state index < -0.39 is 0 Å². The lowest BCUT2D eigenvalue weighted by Crippen LogP contribution is -2.21. The molecule has 0 aliphatic carbocycles. The number of rotatable bonds is 2. The molecule has 0 aromatic carbocycles. The third-order valence-corrected chi connectivity index (χ3v) is 1.44. The largest absolute Gasteiger partial charge is 0.399 e. The van der Waals surface area contributed by atoms with Crippen LogP contribution in [-0.2, 0) is 0 Å². The molecule has 1 aromatic heterocycles. The zero-order valence-corrected chi connectivity index (χ0v) is 6.20. The summed E-state index contributed by atoms with van der Waals surface area (Å²) in [5, 5.41) is 0. The molecular weight excluding hydrogens is 140 g/mol. The minimum Gasteiger partial charge on any atom is -0.399 e. The van der Waals surface area contributed by atoms with Crippen molar-refractivity contribution in [2.45, 2.75) is 6.04 Å².